The maximum Gasteiger partial charge on any atom is 0.250 e. The fourth-order valence-corrected chi connectivity index (χ4v) is 2.93. The Labute approximate surface area is 123 Å². The van der Waals surface area contributed by atoms with Gasteiger partial charge >= 0.3 is 0 Å². The summed E-state index contributed by atoms with van der Waals surface area (Å²) < 4.78 is 0. The highest BCUT2D eigenvalue weighted by molar-refractivity contribution is 7.98. The Morgan fingerprint density at radius 1 is 1.25 bits per heavy atom. The van der Waals surface area contributed by atoms with Crippen molar-refractivity contribution in [3.05, 3.63) is 24.3 Å². The number of nitrogens with zero attached hydrogens (tertiary/aromatic N) is 1. The predicted octanol–water partition coefficient (Wildman–Crippen LogP) is 2.43. The van der Waals surface area contributed by atoms with E-state index in [1.807, 2.05) is 44.4 Å². The highest BCUT2D eigenvalue weighted by Crippen LogP contribution is 2.27. The lowest BCUT2D eigenvalue weighted by atomic mass is 10.0. The highest BCUT2D eigenvalue weighted by atomic mass is 32.2. The first kappa shape index (κ1) is 14.9. The van der Waals surface area contributed by atoms with Gasteiger partial charge in [-0.25, -0.2) is 0 Å². The van der Waals surface area contributed by atoms with Gasteiger partial charge in [0.25, 0.3) is 0 Å². The zero-order valence-corrected chi connectivity index (χ0v) is 12.9. The number of thioether (sulfide) groups is 1. The molecule has 1 aliphatic rings. The lowest BCUT2D eigenvalue weighted by molar-refractivity contribution is -0.134. The number of rotatable bonds is 4. The molecule has 2 unspecified atom stereocenters. The average molecular weight is 292 g/mol. The van der Waals surface area contributed by atoms with E-state index in [9.17, 15) is 9.59 Å². The molecule has 4 nitrogen and oxygen atoms in total. The molecule has 1 N–H and O–H groups in total. The van der Waals surface area contributed by atoms with Crippen molar-refractivity contribution in [2.24, 2.45) is 0 Å². The topological polar surface area (TPSA) is 49.4 Å². The number of carbonyl (C=O) groups is 2. The zero-order chi connectivity index (χ0) is 14.7. The van der Waals surface area contributed by atoms with Gasteiger partial charge in [-0.2, -0.15) is 0 Å². The van der Waals surface area contributed by atoms with Crippen molar-refractivity contribution in [1.29, 1.82) is 0 Å². The summed E-state index contributed by atoms with van der Waals surface area (Å²) in [6.07, 6.45) is 3.22. The van der Waals surface area contributed by atoms with Crippen LogP contribution in [-0.4, -0.2) is 30.2 Å². The number of piperazine rings is 1. The molecule has 2 rings (SSSR count). The summed E-state index contributed by atoms with van der Waals surface area (Å²) in [5, 5.41) is 2.81. The number of carbonyl (C=O) groups excluding carboxylic acids is 2. The fourth-order valence-electron chi connectivity index (χ4n) is 2.48. The Morgan fingerprint density at radius 3 is 2.60 bits per heavy atom. The number of amides is 2. The third-order valence-electron chi connectivity index (χ3n) is 3.59. The molecule has 1 fully saturated rings. The van der Waals surface area contributed by atoms with E-state index in [0.717, 1.165) is 10.6 Å². The van der Waals surface area contributed by atoms with Gasteiger partial charge in [0.05, 0.1) is 0 Å². The van der Waals surface area contributed by atoms with Crippen LogP contribution in [0.4, 0.5) is 5.69 Å². The third kappa shape index (κ3) is 2.68. The smallest absolute Gasteiger partial charge is 0.250 e. The fraction of sp³-hybridized carbons (Fsp3) is 0.467. The van der Waals surface area contributed by atoms with Crippen LogP contribution in [0.2, 0.25) is 0 Å². The van der Waals surface area contributed by atoms with E-state index in [1.54, 1.807) is 16.7 Å². The molecule has 20 heavy (non-hydrogen) atoms. The molecule has 1 saturated heterocycles. The SMILES string of the molecule is CCC1NC(=O)C(CC)N(c2cccc(SC)c2)C1=O. The van der Waals surface area contributed by atoms with Gasteiger partial charge in [0, 0.05) is 10.6 Å². The van der Waals surface area contributed by atoms with Crippen LogP contribution in [0, 0.1) is 0 Å². The summed E-state index contributed by atoms with van der Waals surface area (Å²) >= 11 is 1.63. The predicted molar refractivity (Wildman–Crippen MR) is 82.0 cm³/mol. The molecule has 0 aliphatic carbocycles. The van der Waals surface area contributed by atoms with E-state index in [-0.39, 0.29) is 11.8 Å². The summed E-state index contributed by atoms with van der Waals surface area (Å²) in [6.45, 7) is 3.83. The Bertz CT molecular complexity index is 518. The Morgan fingerprint density at radius 2 is 2.00 bits per heavy atom. The van der Waals surface area contributed by atoms with E-state index >= 15 is 0 Å². The number of hydrogen-bond acceptors (Lipinski definition) is 3. The van der Waals surface area contributed by atoms with Crippen LogP contribution in [-0.2, 0) is 9.59 Å². The molecule has 0 aromatic heterocycles. The van der Waals surface area contributed by atoms with Gasteiger partial charge in [-0.3, -0.25) is 14.5 Å². The molecule has 1 aromatic rings. The standard InChI is InChI=1S/C15H20N2O2S/c1-4-12-15(19)17(13(5-2)14(18)16-12)10-7-6-8-11(9-10)20-3/h6-9,12-13H,4-5H2,1-3H3,(H,16,18). The first-order chi connectivity index (χ1) is 9.62. The molecule has 0 spiro atoms. The van der Waals surface area contributed by atoms with E-state index in [4.69, 9.17) is 0 Å². The van der Waals surface area contributed by atoms with Crippen LogP contribution in [0.15, 0.2) is 29.2 Å². The molecular weight excluding hydrogens is 272 g/mol. The van der Waals surface area contributed by atoms with Crippen molar-refractivity contribution in [2.75, 3.05) is 11.2 Å². The van der Waals surface area contributed by atoms with E-state index in [2.05, 4.69) is 5.32 Å². The quantitative estimate of drug-likeness (QED) is 0.867. The summed E-state index contributed by atoms with van der Waals surface area (Å²) in [6, 6.07) is 6.96. The first-order valence-electron chi connectivity index (χ1n) is 6.89. The van der Waals surface area contributed by atoms with Crippen LogP contribution < -0.4 is 10.2 Å². The second-order valence-electron chi connectivity index (χ2n) is 4.80. The number of benzene rings is 1. The average Bonchev–Trinajstić information content (AvgIpc) is 2.48. The minimum Gasteiger partial charge on any atom is -0.342 e. The summed E-state index contributed by atoms with van der Waals surface area (Å²) in [5.74, 6) is -0.0780. The molecule has 1 heterocycles. The van der Waals surface area contributed by atoms with E-state index < -0.39 is 12.1 Å². The van der Waals surface area contributed by atoms with Crippen LogP contribution in [0.5, 0.6) is 0 Å². The largest absolute Gasteiger partial charge is 0.342 e. The van der Waals surface area contributed by atoms with Crippen molar-refractivity contribution in [3.8, 4) is 0 Å². The van der Waals surface area contributed by atoms with Crippen LogP contribution >= 0.6 is 11.8 Å². The van der Waals surface area contributed by atoms with Crippen molar-refractivity contribution in [3.63, 3.8) is 0 Å². The van der Waals surface area contributed by atoms with Crippen molar-refractivity contribution < 1.29 is 9.59 Å². The normalized spacial score (nSPS) is 22.9. The molecule has 108 valence electrons. The number of nitrogens with one attached hydrogen (secondary N) is 1. The summed E-state index contributed by atoms with van der Waals surface area (Å²) in [4.78, 5) is 27.5. The molecule has 0 saturated carbocycles. The van der Waals surface area contributed by atoms with Crippen molar-refractivity contribution in [2.45, 2.75) is 43.7 Å². The van der Waals surface area contributed by atoms with Crippen LogP contribution in [0.25, 0.3) is 0 Å². The molecule has 0 bridgehead atoms. The summed E-state index contributed by atoms with van der Waals surface area (Å²) in [7, 11) is 0. The van der Waals surface area contributed by atoms with Gasteiger partial charge in [-0.1, -0.05) is 19.9 Å². The molecular formula is C15H20N2O2S. The summed E-state index contributed by atoms with van der Waals surface area (Å²) in [5.41, 5.74) is 0.807. The third-order valence-corrected chi connectivity index (χ3v) is 4.32. The maximum absolute atomic E-state index is 12.6. The van der Waals surface area contributed by atoms with E-state index in [1.165, 1.54) is 0 Å². The maximum atomic E-state index is 12.6. The van der Waals surface area contributed by atoms with Gasteiger partial charge < -0.3 is 5.32 Å². The zero-order valence-electron chi connectivity index (χ0n) is 12.1. The Balaban J connectivity index is 2.42. The van der Waals surface area contributed by atoms with Gasteiger partial charge in [0.2, 0.25) is 11.8 Å². The Hall–Kier alpha value is -1.49. The lowest BCUT2D eigenvalue weighted by Gasteiger charge is -2.38. The van der Waals surface area contributed by atoms with Crippen LogP contribution in [0.3, 0.4) is 0 Å². The van der Waals surface area contributed by atoms with Gasteiger partial charge in [0.15, 0.2) is 0 Å². The van der Waals surface area contributed by atoms with Gasteiger partial charge in [-0.05, 0) is 37.3 Å². The molecule has 2 amide bonds. The number of anilines is 1. The Kier molecular flexibility index (Phi) is 4.70. The van der Waals surface area contributed by atoms with E-state index in [0.29, 0.717) is 12.8 Å². The minimum absolute atomic E-state index is 0.0165. The van der Waals surface area contributed by atoms with Gasteiger partial charge in [0.1, 0.15) is 12.1 Å². The second-order valence-corrected chi connectivity index (χ2v) is 5.68. The van der Waals surface area contributed by atoms with Crippen LogP contribution in [0.1, 0.15) is 26.7 Å². The molecule has 2 atom stereocenters. The van der Waals surface area contributed by atoms with Gasteiger partial charge in [-0.15, -0.1) is 11.8 Å². The molecule has 0 radical (unpaired) electrons. The lowest BCUT2D eigenvalue weighted by Crippen LogP contribution is -2.63. The molecule has 1 aliphatic heterocycles. The van der Waals surface area contributed by atoms with Crippen molar-refractivity contribution in [1.82, 2.24) is 5.32 Å². The first-order valence-corrected chi connectivity index (χ1v) is 8.12. The number of hydrogen-bond donors (Lipinski definition) is 1. The molecule has 1 aromatic carbocycles. The second kappa shape index (κ2) is 6.31. The highest BCUT2D eigenvalue weighted by Gasteiger charge is 2.39. The van der Waals surface area contributed by atoms with Crippen molar-refractivity contribution >= 4 is 29.3 Å². The molecule has 5 heteroatoms. The minimum atomic E-state index is -0.414. The monoisotopic (exact) mass is 292 g/mol.